The Hall–Kier alpha value is 0.0700. The smallest absolute Gasteiger partial charge is 0.0883 e. The molecule has 0 aromatic heterocycles. The first-order valence-corrected chi connectivity index (χ1v) is 5.98. The van der Waals surface area contributed by atoms with Crippen LogP contribution in [0.5, 0.6) is 0 Å². The lowest BCUT2D eigenvalue weighted by Gasteiger charge is -2.15. The summed E-state index contributed by atoms with van der Waals surface area (Å²) >= 11 is 0. The van der Waals surface area contributed by atoms with E-state index in [1.165, 1.54) is 12.8 Å². The van der Waals surface area contributed by atoms with E-state index in [9.17, 15) is 4.21 Å². The van der Waals surface area contributed by atoms with Crippen molar-refractivity contribution < 1.29 is 4.21 Å². The topological polar surface area (TPSA) is 32.3 Å². The van der Waals surface area contributed by atoms with Crippen LogP contribution in [-0.4, -0.2) is 42.0 Å². The summed E-state index contributed by atoms with van der Waals surface area (Å²) in [7, 11) is 1.23. The van der Waals surface area contributed by atoms with Gasteiger partial charge >= 0.3 is 0 Å². The first-order valence-electron chi connectivity index (χ1n) is 4.42. The number of rotatable bonds is 7. The number of hydrogen-bond acceptors (Lipinski definition) is 2. The molecule has 1 atom stereocenters. The second-order valence-corrected chi connectivity index (χ2v) is 4.20. The Morgan fingerprint density at radius 2 is 2.08 bits per heavy atom. The predicted molar refractivity (Wildman–Crippen MR) is 54.5 cm³/mol. The summed E-state index contributed by atoms with van der Waals surface area (Å²) in [5, 5.41) is 0. The van der Waals surface area contributed by atoms with Crippen molar-refractivity contribution in [3.05, 3.63) is 0 Å². The summed E-state index contributed by atoms with van der Waals surface area (Å²) < 4.78 is 13.5. The van der Waals surface area contributed by atoms with Crippen LogP contribution in [0.15, 0.2) is 0 Å². The van der Waals surface area contributed by atoms with Crippen LogP contribution in [-0.2, 0) is 11.0 Å². The zero-order valence-electron chi connectivity index (χ0n) is 8.30. The van der Waals surface area contributed by atoms with Crippen molar-refractivity contribution in [1.82, 2.24) is 9.62 Å². The molecule has 0 bridgehead atoms. The van der Waals surface area contributed by atoms with Crippen LogP contribution in [0.2, 0.25) is 0 Å². The quantitative estimate of drug-likeness (QED) is 0.641. The Morgan fingerprint density at radius 3 is 2.58 bits per heavy atom. The first-order chi connectivity index (χ1) is 5.66. The molecule has 0 aliphatic heterocycles. The van der Waals surface area contributed by atoms with Gasteiger partial charge in [0.25, 0.3) is 0 Å². The Balaban J connectivity index is 3.19. The Morgan fingerprint density at radius 1 is 1.42 bits per heavy atom. The number of nitrogens with one attached hydrogen (secondary N) is 1. The predicted octanol–water partition coefficient (Wildman–Crippen LogP) is 0.601. The molecule has 3 nitrogen and oxygen atoms in total. The maximum atomic E-state index is 10.6. The maximum Gasteiger partial charge on any atom is 0.0883 e. The first kappa shape index (κ1) is 12.1. The molecule has 0 saturated heterocycles. The van der Waals surface area contributed by atoms with Crippen molar-refractivity contribution in [2.24, 2.45) is 0 Å². The van der Waals surface area contributed by atoms with Gasteiger partial charge in [-0.1, -0.05) is 13.3 Å². The molecular weight excluding hydrogens is 172 g/mol. The SMILES string of the molecule is CCCCN(C)CCNS(C)=O. The minimum absolute atomic E-state index is 0.809. The fourth-order valence-electron chi connectivity index (χ4n) is 0.920. The molecule has 0 amide bonds. The highest BCUT2D eigenvalue weighted by molar-refractivity contribution is 7.82. The third kappa shape index (κ3) is 8.17. The third-order valence-electron chi connectivity index (χ3n) is 1.69. The summed E-state index contributed by atoms with van der Waals surface area (Å²) in [5.74, 6) is 0. The molecular formula is C8H20N2OS. The number of nitrogens with zero attached hydrogens (tertiary/aromatic N) is 1. The van der Waals surface area contributed by atoms with Crippen LogP contribution in [0.25, 0.3) is 0 Å². The molecule has 74 valence electrons. The van der Waals surface area contributed by atoms with Gasteiger partial charge in [-0.25, -0.2) is 8.93 Å². The lowest BCUT2D eigenvalue weighted by atomic mass is 10.3. The van der Waals surface area contributed by atoms with E-state index in [1.807, 2.05) is 0 Å². The standard InChI is InChI=1S/C8H20N2OS/c1-4-5-7-10(2)8-6-9-12(3)11/h9H,4-8H2,1-3H3. The molecule has 0 saturated carbocycles. The van der Waals surface area contributed by atoms with Crippen molar-refractivity contribution in [1.29, 1.82) is 0 Å². The minimum atomic E-state index is -0.864. The molecule has 0 radical (unpaired) electrons. The van der Waals surface area contributed by atoms with Gasteiger partial charge in [-0.3, -0.25) is 0 Å². The van der Waals surface area contributed by atoms with E-state index in [-0.39, 0.29) is 0 Å². The van der Waals surface area contributed by atoms with Gasteiger partial charge in [0.15, 0.2) is 0 Å². The lowest BCUT2D eigenvalue weighted by Crippen LogP contribution is -2.30. The van der Waals surface area contributed by atoms with Crippen LogP contribution in [0.3, 0.4) is 0 Å². The summed E-state index contributed by atoms with van der Waals surface area (Å²) in [5.41, 5.74) is 0. The summed E-state index contributed by atoms with van der Waals surface area (Å²) in [4.78, 5) is 2.25. The fourth-order valence-corrected chi connectivity index (χ4v) is 1.30. The number of likely N-dealkylation sites (N-methyl/N-ethyl adjacent to an activating group) is 1. The average Bonchev–Trinajstić information content (AvgIpc) is 2.00. The van der Waals surface area contributed by atoms with Gasteiger partial charge in [-0.15, -0.1) is 0 Å². The normalized spacial score (nSPS) is 13.7. The van der Waals surface area contributed by atoms with E-state index in [2.05, 4.69) is 23.6 Å². The molecule has 1 unspecified atom stereocenters. The summed E-state index contributed by atoms with van der Waals surface area (Å²) in [6.07, 6.45) is 4.13. The van der Waals surface area contributed by atoms with Gasteiger partial charge in [0.05, 0.1) is 11.0 Å². The molecule has 1 N–H and O–H groups in total. The van der Waals surface area contributed by atoms with Gasteiger partial charge < -0.3 is 4.90 Å². The third-order valence-corrected chi connectivity index (χ3v) is 2.30. The van der Waals surface area contributed by atoms with Gasteiger partial charge in [-0.05, 0) is 20.0 Å². The van der Waals surface area contributed by atoms with Gasteiger partial charge in [0.2, 0.25) is 0 Å². The van der Waals surface area contributed by atoms with Crippen LogP contribution < -0.4 is 4.72 Å². The monoisotopic (exact) mass is 192 g/mol. The average molecular weight is 192 g/mol. The molecule has 0 aromatic carbocycles. The van der Waals surface area contributed by atoms with E-state index in [0.29, 0.717) is 0 Å². The fraction of sp³-hybridized carbons (Fsp3) is 1.00. The summed E-state index contributed by atoms with van der Waals surface area (Å²) in [6.45, 7) is 5.10. The number of hydrogen-bond donors (Lipinski definition) is 1. The number of unbranched alkanes of at least 4 members (excludes halogenated alkanes) is 1. The largest absolute Gasteiger partial charge is 0.305 e. The minimum Gasteiger partial charge on any atom is -0.305 e. The van der Waals surface area contributed by atoms with Crippen LogP contribution in [0.1, 0.15) is 19.8 Å². The van der Waals surface area contributed by atoms with Crippen molar-refractivity contribution in [2.45, 2.75) is 19.8 Å². The molecule has 0 rings (SSSR count). The van der Waals surface area contributed by atoms with Crippen LogP contribution in [0.4, 0.5) is 0 Å². The molecule has 0 aliphatic rings. The van der Waals surface area contributed by atoms with E-state index in [0.717, 1.165) is 19.6 Å². The van der Waals surface area contributed by atoms with Crippen molar-refractivity contribution in [3.63, 3.8) is 0 Å². The molecule has 0 fully saturated rings. The van der Waals surface area contributed by atoms with Gasteiger partial charge in [0.1, 0.15) is 0 Å². The van der Waals surface area contributed by atoms with Crippen LogP contribution in [0, 0.1) is 0 Å². The Bertz CT molecular complexity index is 130. The molecule has 0 aromatic rings. The van der Waals surface area contributed by atoms with Crippen molar-refractivity contribution in [3.8, 4) is 0 Å². The highest BCUT2D eigenvalue weighted by Gasteiger charge is 1.96. The second kappa shape index (κ2) is 7.71. The van der Waals surface area contributed by atoms with Gasteiger partial charge in [0, 0.05) is 19.3 Å². The molecule has 0 spiro atoms. The van der Waals surface area contributed by atoms with E-state index in [1.54, 1.807) is 6.26 Å². The Labute approximate surface area is 78.1 Å². The highest BCUT2D eigenvalue weighted by Crippen LogP contribution is 1.89. The van der Waals surface area contributed by atoms with Crippen molar-refractivity contribution >= 4 is 11.0 Å². The Kier molecular flexibility index (Phi) is 7.75. The zero-order valence-corrected chi connectivity index (χ0v) is 9.12. The molecule has 0 heterocycles. The molecule has 4 heteroatoms. The zero-order chi connectivity index (χ0) is 9.40. The van der Waals surface area contributed by atoms with E-state index >= 15 is 0 Å². The second-order valence-electron chi connectivity index (χ2n) is 3.01. The maximum absolute atomic E-state index is 10.6. The van der Waals surface area contributed by atoms with E-state index in [4.69, 9.17) is 0 Å². The summed E-state index contributed by atoms with van der Waals surface area (Å²) in [6, 6.07) is 0. The van der Waals surface area contributed by atoms with E-state index < -0.39 is 11.0 Å². The lowest BCUT2D eigenvalue weighted by molar-refractivity contribution is 0.333. The van der Waals surface area contributed by atoms with Crippen LogP contribution >= 0.6 is 0 Å². The molecule has 12 heavy (non-hydrogen) atoms. The molecule has 0 aliphatic carbocycles. The van der Waals surface area contributed by atoms with Crippen molar-refractivity contribution in [2.75, 3.05) is 32.9 Å². The van der Waals surface area contributed by atoms with Gasteiger partial charge in [-0.2, -0.15) is 0 Å². The highest BCUT2D eigenvalue weighted by atomic mass is 32.2.